The second kappa shape index (κ2) is 9.74. The average molecular weight is 517 g/mol. The Hall–Kier alpha value is -3.95. The van der Waals surface area contributed by atoms with Crippen LogP contribution in [-0.4, -0.2) is 62.3 Å². The highest BCUT2D eigenvalue weighted by Crippen LogP contribution is 2.34. The van der Waals surface area contributed by atoms with Crippen molar-refractivity contribution in [1.29, 1.82) is 0 Å². The van der Waals surface area contributed by atoms with Crippen molar-refractivity contribution < 1.29 is 19.2 Å². The van der Waals surface area contributed by atoms with Crippen LogP contribution in [0.25, 0.3) is 0 Å². The summed E-state index contributed by atoms with van der Waals surface area (Å²) in [6.45, 7) is 5.73. The number of anilines is 1. The number of likely N-dealkylation sites (tertiary alicyclic amines) is 1. The van der Waals surface area contributed by atoms with Crippen molar-refractivity contribution in [1.82, 2.24) is 24.9 Å². The molecule has 0 spiro atoms. The second-order valence-electron chi connectivity index (χ2n) is 10.8. The zero-order chi connectivity index (χ0) is 26.4. The molecule has 3 aliphatic heterocycles. The van der Waals surface area contributed by atoms with Gasteiger partial charge in [-0.15, -0.1) is 0 Å². The molecule has 0 radical (unpaired) electrons. The highest BCUT2D eigenvalue weighted by molar-refractivity contribution is 6.25. The van der Waals surface area contributed by atoms with E-state index < -0.39 is 17.9 Å². The third-order valence-electron chi connectivity index (χ3n) is 8.07. The number of rotatable bonds is 7. The number of fused-ring (bicyclic) bond motifs is 1. The third kappa shape index (κ3) is 4.59. The number of imide groups is 1. The summed E-state index contributed by atoms with van der Waals surface area (Å²) in [5, 5.41) is 10.5. The van der Waals surface area contributed by atoms with E-state index in [9.17, 15) is 19.2 Å². The van der Waals surface area contributed by atoms with Crippen LogP contribution in [0.15, 0.2) is 42.9 Å². The molecule has 1 atom stereocenters. The van der Waals surface area contributed by atoms with Gasteiger partial charge < -0.3 is 15.5 Å². The summed E-state index contributed by atoms with van der Waals surface area (Å²) >= 11 is 0. The molecule has 2 saturated heterocycles. The van der Waals surface area contributed by atoms with E-state index in [4.69, 9.17) is 0 Å². The van der Waals surface area contributed by atoms with Crippen LogP contribution in [0.4, 0.5) is 5.69 Å². The van der Waals surface area contributed by atoms with E-state index in [1.165, 1.54) is 12.8 Å². The van der Waals surface area contributed by atoms with Gasteiger partial charge in [0.15, 0.2) is 0 Å². The molecular formula is C28H32N6O4. The van der Waals surface area contributed by atoms with Crippen molar-refractivity contribution in [2.24, 2.45) is 5.92 Å². The van der Waals surface area contributed by atoms with E-state index in [0.717, 1.165) is 36.4 Å². The Morgan fingerprint density at radius 2 is 1.87 bits per heavy atom. The number of carbonyl (C=O) groups excluding carboxylic acids is 4. The number of aromatic nitrogens is 2. The number of benzene rings is 1. The Balaban J connectivity index is 1.09. The van der Waals surface area contributed by atoms with Crippen molar-refractivity contribution in [3.05, 3.63) is 59.6 Å². The van der Waals surface area contributed by atoms with Gasteiger partial charge in [0.05, 0.1) is 23.4 Å². The molecule has 0 bridgehead atoms. The maximum Gasteiger partial charge on any atom is 0.264 e. The number of nitrogens with one attached hydrogen (secondary N) is 2. The molecule has 4 aliphatic rings. The molecule has 6 rings (SSSR count). The maximum atomic E-state index is 13.3. The Morgan fingerprint density at radius 3 is 2.61 bits per heavy atom. The highest BCUT2D eigenvalue weighted by Gasteiger charge is 2.45. The Morgan fingerprint density at radius 1 is 1.08 bits per heavy atom. The molecule has 1 aromatic carbocycles. The van der Waals surface area contributed by atoms with Gasteiger partial charge in [-0.2, -0.15) is 5.10 Å². The van der Waals surface area contributed by atoms with E-state index in [1.54, 1.807) is 24.4 Å². The van der Waals surface area contributed by atoms with Crippen molar-refractivity contribution in [3.8, 4) is 0 Å². The van der Waals surface area contributed by atoms with E-state index in [1.807, 2.05) is 15.8 Å². The molecule has 1 saturated carbocycles. The minimum absolute atomic E-state index is 0.250. The number of amides is 4. The lowest BCUT2D eigenvalue weighted by molar-refractivity contribution is -0.133. The zero-order valence-corrected chi connectivity index (χ0v) is 21.3. The van der Waals surface area contributed by atoms with Gasteiger partial charge in [0.2, 0.25) is 11.8 Å². The fraction of sp³-hybridized carbons (Fsp3) is 0.464. The summed E-state index contributed by atoms with van der Waals surface area (Å²) in [6, 6.07) is 4.55. The fourth-order valence-electron chi connectivity index (χ4n) is 5.69. The Kier molecular flexibility index (Phi) is 6.25. The molecule has 2 aromatic rings. The molecule has 1 unspecified atom stereocenters. The first-order valence-electron chi connectivity index (χ1n) is 13.4. The SMILES string of the molecule is C=C1CCC(N2C(=O)c3cccc(NCc4cnn(C5CCN(C(=O)CC6CC6)CC5)c4)c3C2=O)C(=O)N1. The first kappa shape index (κ1) is 24.4. The standard InChI is InChI=1S/C28H32N6O4/c1-17-5-8-23(26(36)31-17)34-27(37)21-3-2-4-22(25(21)28(34)38)29-14-19-15-30-33(16-19)20-9-11-32(12-10-20)24(35)13-18-6-7-18/h2-4,15-16,18,20,23,29H,1,5-14H2,(H,31,36). The van der Waals surface area contributed by atoms with Crippen LogP contribution in [0, 0.1) is 5.92 Å². The van der Waals surface area contributed by atoms with Gasteiger partial charge in [-0.25, -0.2) is 0 Å². The molecule has 1 aromatic heterocycles. The average Bonchev–Trinajstić information content (AvgIpc) is 3.53. The molecule has 38 heavy (non-hydrogen) atoms. The predicted octanol–water partition coefficient (Wildman–Crippen LogP) is 2.85. The molecule has 4 amide bonds. The van der Waals surface area contributed by atoms with E-state index in [2.05, 4.69) is 22.3 Å². The molecular weight excluding hydrogens is 484 g/mol. The fourth-order valence-corrected chi connectivity index (χ4v) is 5.69. The lowest BCUT2D eigenvalue weighted by Gasteiger charge is -2.32. The van der Waals surface area contributed by atoms with Gasteiger partial charge in [0.1, 0.15) is 6.04 Å². The van der Waals surface area contributed by atoms with Gasteiger partial charge in [-0.05, 0) is 56.6 Å². The number of nitrogens with zero attached hydrogens (tertiary/aromatic N) is 4. The summed E-state index contributed by atoms with van der Waals surface area (Å²) in [6.07, 6.45) is 9.53. The number of piperidine rings is 2. The summed E-state index contributed by atoms with van der Waals surface area (Å²) in [7, 11) is 0. The van der Waals surface area contributed by atoms with Crippen molar-refractivity contribution in [2.45, 2.75) is 63.6 Å². The van der Waals surface area contributed by atoms with Crippen molar-refractivity contribution in [3.63, 3.8) is 0 Å². The molecule has 10 heteroatoms. The number of carbonyl (C=O) groups is 4. The second-order valence-corrected chi connectivity index (χ2v) is 10.8. The van der Waals surface area contributed by atoms with Crippen LogP contribution in [0.1, 0.15) is 77.3 Å². The van der Waals surface area contributed by atoms with Crippen LogP contribution >= 0.6 is 0 Å². The quantitative estimate of drug-likeness (QED) is 0.547. The molecule has 1 aliphatic carbocycles. The lowest BCUT2D eigenvalue weighted by atomic mass is 10.0. The largest absolute Gasteiger partial charge is 0.380 e. The molecule has 4 heterocycles. The van der Waals surface area contributed by atoms with Crippen molar-refractivity contribution in [2.75, 3.05) is 18.4 Å². The Bertz CT molecular complexity index is 1320. The third-order valence-corrected chi connectivity index (χ3v) is 8.07. The minimum atomic E-state index is -0.839. The monoisotopic (exact) mass is 516 g/mol. The molecule has 3 fully saturated rings. The highest BCUT2D eigenvalue weighted by atomic mass is 16.2. The summed E-state index contributed by atoms with van der Waals surface area (Å²) in [5.74, 6) is -0.393. The zero-order valence-electron chi connectivity index (χ0n) is 21.3. The molecule has 2 N–H and O–H groups in total. The van der Waals surface area contributed by atoms with Crippen LogP contribution in [0.2, 0.25) is 0 Å². The minimum Gasteiger partial charge on any atom is -0.380 e. The van der Waals surface area contributed by atoms with Gasteiger partial charge in [0.25, 0.3) is 11.8 Å². The van der Waals surface area contributed by atoms with Gasteiger partial charge in [0, 0.05) is 49.2 Å². The summed E-state index contributed by atoms with van der Waals surface area (Å²) < 4.78 is 1.97. The van der Waals surface area contributed by atoms with E-state index in [-0.39, 0.29) is 17.9 Å². The summed E-state index contributed by atoms with van der Waals surface area (Å²) in [4.78, 5) is 54.4. The Labute approximate surface area is 221 Å². The molecule has 198 valence electrons. The van der Waals surface area contributed by atoms with E-state index >= 15 is 0 Å². The van der Waals surface area contributed by atoms with Gasteiger partial charge in [-0.3, -0.25) is 28.8 Å². The lowest BCUT2D eigenvalue weighted by Crippen LogP contribution is -2.51. The van der Waals surface area contributed by atoms with Crippen LogP contribution < -0.4 is 10.6 Å². The number of hydrogen-bond donors (Lipinski definition) is 2. The normalized spacial score (nSPS) is 22.1. The van der Waals surface area contributed by atoms with E-state index in [0.29, 0.717) is 54.2 Å². The van der Waals surface area contributed by atoms with Crippen molar-refractivity contribution >= 4 is 29.3 Å². The maximum absolute atomic E-state index is 13.3. The number of allylic oxidation sites excluding steroid dienone is 1. The molecule has 10 nitrogen and oxygen atoms in total. The first-order valence-corrected chi connectivity index (χ1v) is 13.4. The van der Waals surface area contributed by atoms with Gasteiger partial charge in [-0.1, -0.05) is 12.6 Å². The van der Waals surface area contributed by atoms with Crippen LogP contribution in [0.5, 0.6) is 0 Å². The predicted molar refractivity (Wildman–Crippen MR) is 139 cm³/mol. The number of hydrogen-bond acceptors (Lipinski definition) is 6. The van der Waals surface area contributed by atoms with Crippen LogP contribution in [0.3, 0.4) is 0 Å². The summed E-state index contributed by atoms with van der Waals surface area (Å²) in [5.41, 5.74) is 2.70. The van der Waals surface area contributed by atoms with Gasteiger partial charge >= 0.3 is 0 Å². The smallest absolute Gasteiger partial charge is 0.264 e. The first-order chi connectivity index (χ1) is 18.4. The van der Waals surface area contributed by atoms with Crippen LogP contribution in [-0.2, 0) is 16.1 Å². The topological polar surface area (TPSA) is 117 Å².